The molecule has 0 heterocycles. The SMILES string of the molecule is CC(O)CO.O=C(O)CCC(=O)O.O=C(O)CCC(=O)O. The fourth-order valence-corrected chi connectivity index (χ4v) is 0.428. The standard InChI is InChI=1S/2C4H6O4.C3H8O2/c2*5-3(6)1-2-4(7)8;1-3(5)2-4/h2*1-2H2,(H,5,6)(H,7,8);3-5H,2H2,1H3. The maximum atomic E-state index is 9.64. The summed E-state index contributed by atoms with van der Waals surface area (Å²) in [5.74, 6) is -4.31. The van der Waals surface area contributed by atoms with Gasteiger partial charge in [0.15, 0.2) is 0 Å². The minimum absolute atomic E-state index is 0.139. The number of aliphatic hydroxyl groups is 2. The van der Waals surface area contributed by atoms with Gasteiger partial charge in [0.25, 0.3) is 0 Å². The number of aliphatic hydroxyl groups excluding tert-OH is 2. The van der Waals surface area contributed by atoms with Crippen molar-refractivity contribution in [2.75, 3.05) is 6.61 Å². The third kappa shape index (κ3) is 46.3. The molecule has 0 bridgehead atoms. The van der Waals surface area contributed by atoms with Crippen molar-refractivity contribution in [2.45, 2.75) is 38.7 Å². The number of rotatable bonds is 7. The topological polar surface area (TPSA) is 190 Å². The number of carboxylic acids is 4. The van der Waals surface area contributed by atoms with E-state index >= 15 is 0 Å². The molecule has 0 aliphatic rings. The first-order chi connectivity index (χ1) is 9.52. The van der Waals surface area contributed by atoms with Crippen LogP contribution in [0.3, 0.4) is 0 Å². The largest absolute Gasteiger partial charge is 0.481 e. The van der Waals surface area contributed by atoms with Gasteiger partial charge in [0, 0.05) is 0 Å². The van der Waals surface area contributed by atoms with Crippen LogP contribution in [-0.2, 0) is 19.2 Å². The lowest BCUT2D eigenvalue weighted by Gasteiger charge is -1.90. The Kier molecular flexibility index (Phi) is 18.0. The highest BCUT2D eigenvalue weighted by molar-refractivity contribution is 5.75. The number of hydrogen-bond donors (Lipinski definition) is 6. The minimum Gasteiger partial charge on any atom is -0.481 e. The summed E-state index contributed by atoms with van der Waals surface area (Å²) in [5, 5.41) is 47.6. The highest BCUT2D eigenvalue weighted by Gasteiger charge is 2.01. The molecule has 0 spiro atoms. The molecule has 0 aromatic rings. The van der Waals surface area contributed by atoms with Crippen molar-refractivity contribution in [3.63, 3.8) is 0 Å². The Labute approximate surface area is 120 Å². The van der Waals surface area contributed by atoms with Crippen molar-refractivity contribution in [1.82, 2.24) is 0 Å². The van der Waals surface area contributed by atoms with Crippen molar-refractivity contribution in [3.05, 3.63) is 0 Å². The molecule has 1 atom stereocenters. The van der Waals surface area contributed by atoms with Crippen molar-refractivity contribution in [1.29, 1.82) is 0 Å². The second-order valence-corrected chi connectivity index (χ2v) is 3.61. The molecule has 124 valence electrons. The third-order valence-corrected chi connectivity index (χ3v) is 1.37. The van der Waals surface area contributed by atoms with E-state index in [1.165, 1.54) is 6.92 Å². The van der Waals surface area contributed by atoms with E-state index < -0.39 is 30.0 Å². The van der Waals surface area contributed by atoms with Gasteiger partial charge in [-0.3, -0.25) is 19.2 Å². The molecule has 0 saturated carbocycles. The molecule has 0 aliphatic heterocycles. The van der Waals surface area contributed by atoms with Crippen LogP contribution in [0.15, 0.2) is 0 Å². The molecule has 0 radical (unpaired) electrons. The monoisotopic (exact) mass is 312 g/mol. The summed E-state index contributed by atoms with van der Waals surface area (Å²) >= 11 is 0. The summed E-state index contributed by atoms with van der Waals surface area (Å²) in [6.07, 6.45) is -1.75. The zero-order chi connectivity index (χ0) is 17.4. The van der Waals surface area contributed by atoms with Crippen LogP contribution >= 0.6 is 0 Å². The Bertz CT molecular complexity index is 267. The molecule has 21 heavy (non-hydrogen) atoms. The van der Waals surface area contributed by atoms with Gasteiger partial charge in [-0.15, -0.1) is 0 Å². The molecule has 10 nitrogen and oxygen atoms in total. The van der Waals surface area contributed by atoms with Crippen LogP contribution < -0.4 is 0 Å². The van der Waals surface area contributed by atoms with Crippen LogP contribution in [0.4, 0.5) is 0 Å². The van der Waals surface area contributed by atoms with Gasteiger partial charge in [-0.05, 0) is 6.92 Å². The average molecular weight is 312 g/mol. The maximum absolute atomic E-state index is 9.64. The van der Waals surface area contributed by atoms with Gasteiger partial charge in [0.05, 0.1) is 38.4 Å². The third-order valence-electron chi connectivity index (χ3n) is 1.37. The van der Waals surface area contributed by atoms with Crippen LogP contribution in [0.25, 0.3) is 0 Å². The van der Waals surface area contributed by atoms with E-state index in [9.17, 15) is 19.2 Å². The molecule has 0 aliphatic carbocycles. The molecule has 6 N–H and O–H groups in total. The molecular weight excluding hydrogens is 292 g/mol. The van der Waals surface area contributed by atoms with E-state index in [2.05, 4.69) is 0 Å². The fourth-order valence-electron chi connectivity index (χ4n) is 0.428. The Balaban J connectivity index is -0.000000239. The smallest absolute Gasteiger partial charge is 0.303 e. The van der Waals surface area contributed by atoms with Gasteiger partial charge in [-0.25, -0.2) is 0 Å². The summed E-state index contributed by atoms with van der Waals surface area (Å²) in [6, 6.07) is 0. The highest BCUT2D eigenvalue weighted by Crippen LogP contribution is 1.86. The van der Waals surface area contributed by atoms with Crippen molar-refractivity contribution < 1.29 is 49.8 Å². The summed E-state index contributed by atoms with van der Waals surface area (Å²) in [7, 11) is 0. The van der Waals surface area contributed by atoms with E-state index in [1.54, 1.807) is 0 Å². The first-order valence-electron chi connectivity index (χ1n) is 5.69. The molecule has 0 saturated heterocycles. The molecule has 0 fully saturated rings. The predicted octanol–water partition coefficient (Wildman–Crippen LogP) is -0.769. The van der Waals surface area contributed by atoms with E-state index in [0.717, 1.165) is 0 Å². The van der Waals surface area contributed by atoms with Crippen LogP contribution in [0.2, 0.25) is 0 Å². The Morgan fingerprint density at radius 3 is 0.905 bits per heavy atom. The predicted molar refractivity (Wildman–Crippen MR) is 67.8 cm³/mol. The van der Waals surface area contributed by atoms with Crippen LogP contribution in [0.5, 0.6) is 0 Å². The molecule has 0 aromatic heterocycles. The average Bonchev–Trinajstić information content (AvgIpc) is 2.35. The lowest BCUT2D eigenvalue weighted by atomic mass is 10.3. The minimum atomic E-state index is -1.08. The second-order valence-electron chi connectivity index (χ2n) is 3.61. The molecule has 0 amide bonds. The molecule has 10 heteroatoms. The number of carbonyl (C=O) groups is 4. The molecule has 1 unspecified atom stereocenters. The Morgan fingerprint density at radius 2 is 0.857 bits per heavy atom. The van der Waals surface area contributed by atoms with Gasteiger partial charge in [-0.1, -0.05) is 0 Å². The van der Waals surface area contributed by atoms with Crippen molar-refractivity contribution >= 4 is 23.9 Å². The second kappa shape index (κ2) is 15.9. The van der Waals surface area contributed by atoms with Crippen LogP contribution in [0.1, 0.15) is 32.6 Å². The lowest BCUT2D eigenvalue weighted by molar-refractivity contribution is -0.143. The number of aliphatic carboxylic acids is 4. The molecule has 0 aromatic carbocycles. The van der Waals surface area contributed by atoms with Gasteiger partial charge < -0.3 is 30.6 Å². The fraction of sp³-hybridized carbons (Fsp3) is 0.636. The van der Waals surface area contributed by atoms with Gasteiger partial charge in [-0.2, -0.15) is 0 Å². The van der Waals surface area contributed by atoms with Gasteiger partial charge in [0.1, 0.15) is 0 Å². The lowest BCUT2D eigenvalue weighted by Crippen LogP contribution is -2.03. The summed E-state index contributed by atoms with van der Waals surface area (Å²) < 4.78 is 0. The van der Waals surface area contributed by atoms with E-state index in [-0.39, 0.29) is 32.3 Å². The zero-order valence-corrected chi connectivity index (χ0v) is 11.4. The zero-order valence-electron chi connectivity index (χ0n) is 11.4. The van der Waals surface area contributed by atoms with Crippen LogP contribution in [-0.4, -0.2) is 67.2 Å². The quantitative estimate of drug-likeness (QED) is 0.348. The first kappa shape index (κ1) is 23.9. The summed E-state index contributed by atoms with van der Waals surface area (Å²) in [4.78, 5) is 38.6. The van der Waals surface area contributed by atoms with Crippen LogP contribution in [0, 0.1) is 0 Å². The normalized spacial score (nSPS) is 10.0. The van der Waals surface area contributed by atoms with E-state index in [0.29, 0.717) is 0 Å². The van der Waals surface area contributed by atoms with Crippen molar-refractivity contribution in [2.24, 2.45) is 0 Å². The maximum Gasteiger partial charge on any atom is 0.303 e. The van der Waals surface area contributed by atoms with Crippen molar-refractivity contribution in [3.8, 4) is 0 Å². The molecular formula is C11H20O10. The van der Waals surface area contributed by atoms with Gasteiger partial charge in [0.2, 0.25) is 0 Å². The Morgan fingerprint density at radius 1 is 0.714 bits per heavy atom. The van der Waals surface area contributed by atoms with E-state index in [4.69, 9.17) is 30.6 Å². The summed E-state index contributed by atoms with van der Waals surface area (Å²) in [5.41, 5.74) is 0. The van der Waals surface area contributed by atoms with Gasteiger partial charge >= 0.3 is 23.9 Å². The summed E-state index contributed by atoms with van der Waals surface area (Å²) in [6.45, 7) is 1.39. The Hall–Kier alpha value is -2.20. The highest BCUT2D eigenvalue weighted by atomic mass is 16.4. The number of hydrogen-bond acceptors (Lipinski definition) is 6. The van der Waals surface area contributed by atoms with E-state index in [1.807, 2.05) is 0 Å². The first-order valence-corrected chi connectivity index (χ1v) is 5.69. The number of carboxylic acid groups (broad SMARTS) is 4. The molecule has 0 rings (SSSR count).